The van der Waals surface area contributed by atoms with Gasteiger partial charge in [-0.15, -0.1) is 0 Å². The summed E-state index contributed by atoms with van der Waals surface area (Å²) in [6.45, 7) is 1.68. The van der Waals surface area contributed by atoms with Crippen molar-refractivity contribution in [3.63, 3.8) is 0 Å². The molecule has 2 heterocycles. The van der Waals surface area contributed by atoms with Gasteiger partial charge in [0.05, 0.1) is 24.1 Å². The predicted octanol–water partition coefficient (Wildman–Crippen LogP) is 2.73. The van der Waals surface area contributed by atoms with E-state index in [4.69, 9.17) is 0 Å². The molecule has 2 aromatic heterocycles. The van der Waals surface area contributed by atoms with E-state index in [1.807, 2.05) is 18.6 Å². The molecule has 1 aliphatic carbocycles. The fourth-order valence-corrected chi connectivity index (χ4v) is 2.61. The van der Waals surface area contributed by atoms with Crippen molar-refractivity contribution in [2.75, 3.05) is 0 Å². The van der Waals surface area contributed by atoms with Gasteiger partial charge >= 0.3 is 0 Å². The van der Waals surface area contributed by atoms with Gasteiger partial charge in [0.15, 0.2) is 0 Å². The van der Waals surface area contributed by atoms with Gasteiger partial charge < -0.3 is 9.88 Å². The van der Waals surface area contributed by atoms with Gasteiger partial charge in [-0.05, 0) is 24.5 Å². The molecule has 0 spiro atoms. The summed E-state index contributed by atoms with van der Waals surface area (Å²) in [4.78, 5) is 8.98. The zero-order chi connectivity index (χ0) is 14.1. The van der Waals surface area contributed by atoms with Crippen molar-refractivity contribution >= 4 is 10.9 Å². The van der Waals surface area contributed by atoms with Gasteiger partial charge in [-0.2, -0.15) is 0 Å². The predicted molar refractivity (Wildman–Crippen MR) is 82.9 cm³/mol. The molecule has 0 atom stereocenters. The summed E-state index contributed by atoms with van der Waals surface area (Å²) >= 11 is 0. The molecule has 0 saturated heterocycles. The van der Waals surface area contributed by atoms with Gasteiger partial charge in [0.2, 0.25) is 0 Å². The normalized spacial score (nSPS) is 14.7. The monoisotopic (exact) mass is 278 g/mol. The van der Waals surface area contributed by atoms with Gasteiger partial charge in [0.25, 0.3) is 0 Å². The second kappa shape index (κ2) is 5.30. The van der Waals surface area contributed by atoms with Crippen molar-refractivity contribution in [2.45, 2.75) is 32.0 Å². The number of nitrogens with zero attached hydrogens (tertiary/aromatic N) is 3. The number of hydrogen-bond donors (Lipinski definition) is 1. The van der Waals surface area contributed by atoms with Crippen molar-refractivity contribution in [2.24, 2.45) is 0 Å². The lowest BCUT2D eigenvalue weighted by molar-refractivity contribution is 0.676. The Kier molecular flexibility index (Phi) is 3.16. The lowest BCUT2D eigenvalue weighted by Crippen LogP contribution is -2.15. The SMILES string of the molecule is c1cnc2c(Cn3cnc(CNC4CC4)c3)cccc2c1. The fraction of sp³-hybridized carbons (Fsp3) is 0.294. The highest BCUT2D eigenvalue weighted by Crippen LogP contribution is 2.19. The van der Waals surface area contributed by atoms with Crippen LogP contribution in [0.3, 0.4) is 0 Å². The second-order valence-corrected chi connectivity index (χ2v) is 5.68. The van der Waals surface area contributed by atoms with Crippen LogP contribution >= 0.6 is 0 Å². The Morgan fingerprint density at radius 3 is 2.95 bits per heavy atom. The van der Waals surface area contributed by atoms with Crippen LogP contribution in [-0.2, 0) is 13.1 Å². The number of aromatic nitrogens is 3. The molecule has 0 bridgehead atoms. The van der Waals surface area contributed by atoms with E-state index in [-0.39, 0.29) is 0 Å². The molecular formula is C17H18N4. The number of pyridine rings is 1. The minimum Gasteiger partial charge on any atom is -0.333 e. The first-order chi connectivity index (χ1) is 10.4. The van der Waals surface area contributed by atoms with Crippen molar-refractivity contribution in [1.82, 2.24) is 19.9 Å². The molecular weight excluding hydrogens is 260 g/mol. The summed E-state index contributed by atoms with van der Waals surface area (Å²) in [6, 6.07) is 11.1. The van der Waals surface area contributed by atoms with E-state index in [1.54, 1.807) is 0 Å². The van der Waals surface area contributed by atoms with Crippen LogP contribution in [-0.4, -0.2) is 20.6 Å². The molecule has 0 amide bonds. The van der Waals surface area contributed by atoms with Crippen LogP contribution < -0.4 is 5.32 Å². The summed E-state index contributed by atoms with van der Waals surface area (Å²) in [6.07, 6.45) is 8.50. The van der Waals surface area contributed by atoms with E-state index in [9.17, 15) is 0 Å². The topological polar surface area (TPSA) is 42.7 Å². The average Bonchev–Trinajstić information content (AvgIpc) is 3.25. The highest BCUT2D eigenvalue weighted by molar-refractivity contribution is 5.81. The quantitative estimate of drug-likeness (QED) is 0.780. The molecule has 21 heavy (non-hydrogen) atoms. The van der Waals surface area contributed by atoms with E-state index in [1.165, 1.54) is 23.8 Å². The third-order valence-electron chi connectivity index (χ3n) is 3.91. The maximum atomic E-state index is 4.51. The van der Waals surface area contributed by atoms with E-state index in [0.717, 1.165) is 30.3 Å². The number of hydrogen-bond acceptors (Lipinski definition) is 3. The molecule has 4 rings (SSSR count). The van der Waals surface area contributed by atoms with Crippen molar-refractivity contribution in [3.05, 3.63) is 60.3 Å². The molecule has 0 radical (unpaired) electrons. The fourth-order valence-electron chi connectivity index (χ4n) is 2.61. The average molecular weight is 278 g/mol. The molecule has 1 N–H and O–H groups in total. The third-order valence-corrected chi connectivity index (χ3v) is 3.91. The Labute approximate surface area is 123 Å². The Hall–Kier alpha value is -2.20. The minimum absolute atomic E-state index is 0.720. The Bertz CT molecular complexity index is 753. The Morgan fingerprint density at radius 2 is 2.05 bits per heavy atom. The lowest BCUT2D eigenvalue weighted by Gasteiger charge is -2.06. The molecule has 0 unspecified atom stereocenters. The molecule has 4 nitrogen and oxygen atoms in total. The molecule has 106 valence electrons. The standard InChI is InChI=1S/C17H18N4/c1-3-13-5-2-8-18-17(13)14(4-1)10-21-11-16(20-12-21)9-19-15-6-7-15/h1-5,8,11-12,15,19H,6-7,9-10H2. The van der Waals surface area contributed by atoms with E-state index in [2.05, 4.69) is 50.3 Å². The molecule has 1 aromatic carbocycles. The second-order valence-electron chi connectivity index (χ2n) is 5.68. The summed E-state index contributed by atoms with van der Waals surface area (Å²) in [5.74, 6) is 0. The smallest absolute Gasteiger partial charge is 0.0953 e. The van der Waals surface area contributed by atoms with Crippen LogP contribution in [0.2, 0.25) is 0 Å². The summed E-state index contributed by atoms with van der Waals surface area (Å²) in [5.41, 5.74) is 3.41. The van der Waals surface area contributed by atoms with E-state index >= 15 is 0 Å². The zero-order valence-corrected chi connectivity index (χ0v) is 11.9. The first-order valence-corrected chi connectivity index (χ1v) is 7.45. The minimum atomic E-state index is 0.720. The van der Waals surface area contributed by atoms with Gasteiger partial charge in [0, 0.05) is 30.4 Å². The third kappa shape index (κ3) is 2.81. The van der Waals surface area contributed by atoms with Crippen LogP contribution in [0.15, 0.2) is 49.1 Å². The highest BCUT2D eigenvalue weighted by atomic mass is 15.1. The zero-order valence-electron chi connectivity index (χ0n) is 11.9. The number of rotatable bonds is 5. The molecule has 3 aromatic rings. The highest BCUT2D eigenvalue weighted by Gasteiger charge is 2.20. The van der Waals surface area contributed by atoms with Gasteiger partial charge in [-0.25, -0.2) is 4.98 Å². The van der Waals surface area contributed by atoms with E-state index in [0.29, 0.717) is 0 Å². The van der Waals surface area contributed by atoms with Crippen molar-refractivity contribution in [3.8, 4) is 0 Å². The lowest BCUT2D eigenvalue weighted by atomic mass is 10.1. The number of nitrogens with one attached hydrogen (secondary N) is 1. The van der Waals surface area contributed by atoms with Gasteiger partial charge in [-0.3, -0.25) is 4.98 Å². The van der Waals surface area contributed by atoms with Crippen LogP contribution in [0.1, 0.15) is 24.1 Å². The Balaban J connectivity index is 1.53. The maximum absolute atomic E-state index is 4.51. The summed E-state index contributed by atoms with van der Waals surface area (Å²) in [7, 11) is 0. The number of para-hydroxylation sites is 1. The van der Waals surface area contributed by atoms with Crippen LogP contribution in [0.4, 0.5) is 0 Å². The number of imidazole rings is 1. The van der Waals surface area contributed by atoms with Crippen molar-refractivity contribution in [1.29, 1.82) is 0 Å². The summed E-state index contributed by atoms with van der Waals surface area (Å²) < 4.78 is 2.13. The molecule has 1 fully saturated rings. The van der Waals surface area contributed by atoms with Crippen LogP contribution in [0, 0.1) is 0 Å². The first-order valence-electron chi connectivity index (χ1n) is 7.45. The van der Waals surface area contributed by atoms with Gasteiger partial charge in [-0.1, -0.05) is 24.3 Å². The molecule has 4 heteroatoms. The molecule has 1 saturated carbocycles. The summed E-state index contributed by atoms with van der Waals surface area (Å²) in [5, 5.41) is 4.68. The van der Waals surface area contributed by atoms with E-state index < -0.39 is 0 Å². The number of fused-ring (bicyclic) bond motifs is 1. The van der Waals surface area contributed by atoms with Crippen LogP contribution in [0.25, 0.3) is 10.9 Å². The Morgan fingerprint density at radius 1 is 1.14 bits per heavy atom. The number of benzene rings is 1. The molecule has 1 aliphatic rings. The first kappa shape index (κ1) is 12.5. The maximum Gasteiger partial charge on any atom is 0.0953 e. The van der Waals surface area contributed by atoms with Crippen LogP contribution in [0.5, 0.6) is 0 Å². The largest absolute Gasteiger partial charge is 0.333 e. The molecule has 0 aliphatic heterocycles. The van der Waals surface area contributed by atoms with Gasteiger partial charge in [0.1, 0.15) is 0 Å². The van der Waals surface area contributed by atoms with Crippen molar-refractivity contribution < 1.29 is 0 Å².